The van der Waals surface area contributed by atoms with Crippen LogP contribution in [0.2, 0.25) is 0 Å². The number of sulfone groups is 1. The number of nitrogens with zero attached hydrogens (tertiary/aromatic N) is 2. The van der Waals surface area contributed by atoms with Gasteiger partial charge in [-0.2, -0.15) is 5.26 Å². The number of Topliss-reactive ketones (excluding diaryl/α,β-unsaturated/α-hetero) is 1. The summed E-state index contributed by atoms with van der Waals surface area (Å²) in [5, 5.41) is 20.3. The minimum absolute atomic E-state index is 0.00784. The highest BCUT2D eigenvalue weighted by molar-refractivity contribution is 7.95. The molecule has 1 aromatic heterocycles. The fraction of sp³-hybridized carbons (Fsp3) is 0.200. The summed E-state index contributed by atoms with van der Waals surface area (Å²) in [6, 6.07) is 16.1. The monoisotopic (exact) mass is 448 g/mol. The van der Waals surface area contributed by atoms with E-state index in [2.05, 4.69) is 0 Å². The van der Waals surface area contributed by atoms with Crippen molar-refractivity contribution < 1.29 is 18.3 Å². The van der Waals surface area contributed by atoms with Gasteiger partial charge >= 0.3 is 0 Å². The van der Waals surface area contributed by atoms with Gasteiger partial charge < -0.3 is 9.67 Å². The number of carbonyl (C=O) groups is 1. The Morgan fingerprint density at radius 2 is 1.78 bits per heavy atom. The number of benzene rings is 2. The second-order valence-corrected chi connectivity index (χ2v) is 9.68. The van der Waals surface area contributed by atoms with Crippen molar-refractivity contribution in [2.45, 2.75) is 38.5 Å². The van der Waals surface area contributed by atoms with Crippen molar-refractivity contribution >= 4 is 21.7 Å². The van der Waals surface area contributed by atoms with Gasteiger partial charge in [0.1, 0.15) is 16.7 Å². The van der Waals surface area contributed by atoms with Crippen LogP contribution in [0.3, 0.4) is 0 Å². The Bertz CT molecular complexity index is 1360. The number of para-hydroxylation sites is 1. The summed E-state index contributed by atoms with van der Waals surface area (Å²) in [4.78, 5) is 11.9. The van der Waals surface area contributed by atoms with Crippen LogP contribution in [-0.4, -0.2) is 23.9 Å². The molecule has 0 amide bonds. The van der Waals surface area contributed by atoms with Crippen LogP contribution in [0, 0.1) is 18.3 Å². The van der Waals surface area contributed by atoms with Crippen molar-refractivity contribution in [2.75, 3.05) is 0 Å². The first-order chi connectivity index (χ1) is 15.1. The molecule has 32 heavy (non-hydrogen) atoms. The molecule has 0 fully saturated rings. The second-order valence-electron chi connectivity index (χ2n) is 7.77. The number of nitriles is 1. The van der Waals surface area contributed by atoms with Crippen molar-refractivity contribution in [1.29, 1.82) is 5.26 Å². The highest BCUT2D eigenvalue weighted by Gasteiger charge is 2.24. The van der Waals surface area contributed by atoms with Crippen LogP contribution < -0.4 is 0 Å². The van der Waals surface area contributed by atoms with E-state index in [4.69, 9.17) is 0 Å². The Morgan fingerprint density at radius 3 is 2.34 bits per heavy atom. The Hall–Kier alpha value is -3.63. The van der Waals surface area contributed by atoms with E-state index in [9.17, 15) is 23.6 Å². The molecule has 1 heterocycles. The van der Waals surface area contributed by atoms with Gasteiger partial charge in [0.15, 0.2) is 5.78 Å². The molecule has 2 aromatic carbocycles. The van der Waals surface area contributed by atoms with Crippen LogP contribution in [0.25, 0.3) is 11.8 Å². The normalized spacial score (nSPS) is 12.1. The van der Waals surface area contributed by atoms with Gasteiger partial charge in [-0.05, 0) is 61.7 Å². The number of carbonyl (C=O) groups excluding carboxylic acids is 1. The average molecular weight is 449 g/mol. The summed E-state index contributed by atoms with van der Waals surface area (Å²) < 4.78 is 27.7. The van der Waals surface area contributed by atoms with Crippen molar-refractivity contribution in [3.8, 4) is 17.5 Å². The molecule has 0 unspecified atom stereocenters. The zero-order chi connectivity index (χ0) is 23.6. The number of allylic oxidation sites excluding steroid dienone is 1. The molecular weight excluding hydrogens is 424 g/mol. The summed E-state index contributed by atoms with van der Waals surface area (Å²) in [5.41, 5.74) is 2.58. The lowest BCUT2D eigenvalue weighted by Gasteiger charge is -2.18. The van der Waals surface area contributed by atoms with Crippen LogP contribution >= 0.6 is 0 Å². The summed E-state index contributed by atoms with van der Waals surface area (Å²) >= 11 is 0. The van der Waals surface area contributed by atoms with E-state index in [0.717, 1.165) is 5.69 Å². The van der Waals surface area contributed by atoms with E-state index in [-0.39, 0.29) is 27.3 Å². The summed E-state index contributed by atoms with van der Waals surface area (Å²) in [5.74, 6) is -0.280. The maximum Gasteiger partial charge on any atom is 0.216 e. The van der Waals surface area contributed by atoms with E-state index in [1.165, 1.54) is 31.2 Å². The Morgan fingerprint density at radius 1 is 1.12 bits per heavy atom. The third kappa shape index (κ3) is 4.10. The highest BCUT2D eigenvalue weighted by atomic mass is 32.2. The van der Waals surface area contributed by atoms with Crippen molar-refractivity contribution in [2.24, 2.45) is 0 Å². The smallest absolute Gasteiger partial charge is 0.216 e. The third-order valence-corrected chi connectivity index (χ3v) is 6.94. The number of ketones is 1. The second kappa shape index (κ2) is 8.85. The first-order valence-corrected chi connectivity index (χ1v) is 11.5. The third-order valence-electron chi connectivity index (χ3n) is 5.26. The first kappa shape index (κ1) is 23.0. The quantitative estimate of drug-likeness (QED) is 0.415. The van der Waals surface area contributed by atoms with Gasteiger partial charge in [-0.15, -0.1) is 0 Å². The standard InChI is InChI=1S/C25H24N2O4S/c1-16(2)23-14-19(13-21(15-26)32(30,31)20-9-6-5-7-10-20)17(3)27(23)25-22(18(4)28)11-8-12-24(25)29/h5-14,16,29H,1-4H3/b21-13+. The summed E-state index contributed by atoms with van der Waals surface area (Å²) in [6.07, 6.45) is 1.34. The largest absolute Gasteiger partial charge is 0.506 e. The molecule has 3 aromatic rings. The minimum Gasteiger partial charge on any atom is -0.506 e. The average Bonchev–Trinajstić information content (AvgIpc) is 3.08. The van der Waals surface area contributed by atoms with Crippen molar-refractivity contribution in [1.82, 2.24) is 4.57 Å². The molecule has 1 N–H and O–H groups in total. The number of hydrogen-bond donors (Lipinski definition) is 1. The van der Waals surface area contributed by atoms with Crippen LogP contribution in [0.1, 0.15) is 54.0 Å². The number of aromatic hydroxyl groups is 1. The lowest BCUT2D eigenvalue weighted by atomic mass is 10.1. The highest BCUT2D eigenvalue weighted by Crippen LogP contribution is 2.35. The maximum absolute atomic E-state index is 13.0. The molecule has 0 aliphatic heterocycles. The topological polar surface area (TPSA) is 100 Å². The summed E-state index contributed by atoms with van der Waals surface area (Å²) in [6.45, 7) is 7.10. The molecule has 0 aliphatic rings. The predicted molar refractivity (Wildman–Crippen MR) is 123 cm³/mol. The van der Waals surface area contributed by atoms with Gasteiger partial charge in [-0.3, -0.25) is 4.79 Å². The number of phenolic OH excluding ortho intramolecular Hbond substituents is 1. The Balaban J connectivity index is 2.29. The number of phenols is 1. The predicted octanol–water partition coefficient (Wildman–Crippen LogP) is 5.16. The van der Waals surface area contributed by atoms with Crippen LogP contribution in [0.4, 0.5) is 0 Å². The van der Waals surface area contributed by atoms with E-state index >= 15 is 0 Å². The van der Waals surface area contributed by atoms with Crippen LogP contribution in [-0.2, 0) is 9.84 Å². The molecular formula is C25H24N2O4S. The summed E-state index contributed by atoms with van der Waals surface area (Å²) in [7, 11) is -4.00. The lowest BCUT2D eigenvalue weighted by molar-refractivity contribution is 0.101. The Kier molecular flexibility index (Phi) is 6.37. The van der Waals surface area contributed by atoms with Crippen LogP contribution in [0.5, 0.6) is 5.75 Å². The molecule has 164 valence electrons. The van der Waals surface area contributed by atoms with Crippen molar-refractivity contribution in [3.05, 3.63) is 82.0 Å². The molecule has 0 saturated heterocycles. The minimum atomic E-state index is -4.00. The molecule has 6 nitrogen and oxygen atoms in total. The Labute approximate surface area is 188 Å². The molecule has 0 radical (unpaired) electrons. The van der Waals surface area contributed by atoms with Gasteiger partial charge in [0.2, 0.25) is 9.84 Å². The molecule has 0 atom stereocenters. The van der Waals surface area contributed by atoms with Gasteiger partial charge in [-0.25, -0.2) is 8.42 Å². The van der Waals surface area contributed by atoms with E-state index in [1.807, 2.05) is 19.9 Å². The number of aromatic nitrogens is 1. The molecule has 0 aliphatic carbocycles. The number of hydrogen-bond acceptors (Lipinski definition) is 5. The maximum atomic E-state index is 13.0. The SMILES string of the molecule is CC(=O)c1cccc(O)c1-n1c(C(C)C)cc(/C=C(\C#N)S(=O)(=O)c2ccccc2)c1C. The first-order valence-electron chi connectivity index (χ1n) is 10.1. The van der Waals surface area contributed by atoms with Crippen molar-refractivity contribution in [3.63, 3.8) is 0 Å². The number of rotatable bonds is 6. The zero-order valence-corrected chi connectivity index (χ0v) is 19.1. The van der Waals surface area contributed by atoms with E-state index in [0.29, 0.717) is 22.5 Å². The van der Waals surface area contributed by atoms with Gasteiger partial charge in [0.05, 0.1) is 10.6 Å². The van der Waals surface area contributed by atoms with Gasteiger partial charge in [0, 0.05) is 17.0 Å². The van der Waals surface area contributed by atoms with E-state index in [1.54, 1.807) is 47.9 Å². The molecule has 7 heteroatoms. The van der Waals surface area contributed by atoms with Crippen LogP contribution in [0.15, 0.2) is 64.4 Å². The molecule has 0 spiro atoms. The fourth-order valence-corrected chi connectivity index (χ4v) is 4.78. The molecule has 0 saturated carbocycles. The zero-order valence-electron chi connectivity index (χ0n) is 18.3. The van der Waals surface area contributed by atoms with E-state index < -0.39 is 9.84 Å². The molecule has 3 rings (SSSR count). The lowest BCUT2D eigenvalue weighted by Crippen LogP contribution is -2.09. The molecule has 0 bridgehead atoms. The fourth-order valence-electron chi connectivity index (χ4n) is 3.61. The van der Waals surface area contributed by atoms with Gasteiger partial charge in [-0.1, -0.05) is 38.1 Å². The van der Waals surface area contributed by atoms with Gasteiger partial charge in [0.25, 0.3) is 0 Å².